The number of rotatable bonds is 6. The molecule has 3 heterocycles. The number of carbonyl (C=O) groups is 2. The minimum absolute atomic E-state index is 0.0347. The number of carbonyl (C=O) groups excluding carboxylic acids is 2. The minimum atomic E-state index is -4.79. The summed E-state index contributed by atoms with van der Waals surface area (Å²) in [6, 6.07) is 11.7. The number of nitrogens with one attached hydrogen (secondary N) is 2. The van der Waals surface area contributed by atoms with Gasteiger partial charge in [0.15, 0.2) is 5.69 Å². The van der Waals surface area contributed by atoms with E-state index in [1.807, 2.05) is 12.1 Å². The molecule has 4 rings (SSSR count). The van der Waals surface area contributed by atoms with Gasteiger partial charge in [-0.2, -0.15) is 30.0 Å². The van der Waals surface area contributed by atoms with E-state index in [1.165, 1.54) is 0 Å². The average Bonchev–Trinajstić information content (AvgIpc) is 3.34. The largest absolute Gasteiger partial charge is 0.435 e. The standard InChI is InChI=1S/C23H23F3N6O2S/c24-23(25,26)20-18(14-32(30-20)17-6-2-1-3-7-17)21(33)28-9-10-29-22(34)31-11-12-35-19(15-31)16-5-4-8-27-13-16/h1-8,13-14,19H,9-12,15H2,(H,28,33)(H,29,34). The van der Waals surface area contributed by atoms with E-state index in [1.54, 1.807) is 59.4 Å². The molecule has 0 saturated carbocycles. The highest BCUT2D eigenvalue weighted by Gasteiger charge is 2.39. The number of amides is 3. The summed E-state index contributed by atoms with van der Waals surface area (Å²) in [7, 11) is 0. The first-order valence-electron chi connectivity index (χ1n) is 10.9. The molecule has 1 saturated heterocycles. The zero-order chi connectivity index (χ0) is 24.8. The van der Waals surface area contributed by atoms with E-state index in [2.05, 4.69) is 20.7 Å². The van der Waals surface area contributed by atoms with Crippen LogP contribution in [0.5, 0.6) is 0 Å². The van der Waals surface area contributed by atoms with Crippen molar-refractivity contribution >= 4 is 23.7 Å². The second-order valence-corrected chi connectivity index (χ2v) is 9.06. The van der Waals surface area contributed by atoms with E-state index >= 15 is 0 Å². The average molecular weight is 505 g/mol. The normalized spacial score (nSPS) is 16.1. The molecule has 0 bridgehead atoms. The molecular formula is C23H23F3N6O2S. The molecule has 1 aliphatic rings. The molecular weight excluding hydrogens is 481 g/mol. The molecule has 2 aromatic heterocycles. The molecule has 1 aromatic carbocycles. The summed E-state index contributed by atoms with van der Waals surface area (Å²) in [5.74, 6) is -0.144. The van der Waals surface area contributed by atoms with Crippen molar-refractivity contribution in [2.24, 2.45) is 0 Å². The Kier molecular flexibility index (Phi) is 7.59. The molecule has 1 unspecified atom stereocenters. The lowest BCUT2D eigenvalue weighted by Gasteiger charge is -2.32. The highest BCUT2D eigenvalue weighted by Crippen LogP contribution is 2.33. The number of para-hydroxylation sites is 1. The lowest BCUT2D eigenvalue weighted by atomic mass is 10.2. The number of benzene rings is 1. The van der Waals surface area contributed by atoms with Crippen LogP contribution < -0.4 is 10.6 Å². The summed E-state index contributed by atoms with van der Waals surface area (Å²) in [6.45, 7) is 1.13. The molecule has 0 aliphatic carbocycles. The third-order valence-corrected chi connectivity index (χ3v) is 6.59. The van der Waals surface area contributed by atoms with Crippen LogP contribution in [0, 0.1) is 0 Å². The Morgan fingerprint density at radius 2 is 1.86 bits per heavy atom. The van der Waals surface area contributed by atoms with Crippen LogP contribution in [0.1, 0.15) is 26.9 Å². The van der Waals surface area contributed by atoms with Crippen molar-refractivity contribution in [3.63, 3.8) is 0 Å². The molecule has 1 fully saturated rings. The van der Waals surface area contributed by atoms with E-state index in [0.717, 1.165) is 22.2 Å². The fraction of sp³-hybridized carbons (Fsp3) is 0.304. The van der Waals surface area contributed by atoms with Crippen molar-refractivity contribution in [2.45, 2.75) is 11.4 Å². The summed E-state index contributed by atoms with van der Waals surface area (Å²) in [4.78, 5) is 30.9. The highest BCUT2D eigenvalue weighted by molar-refractivity contribution is 7.99. The second-order valence-electron chi connectivity index (χ2n) is 7.75. The summed E-state index contributed by atoms with van der Waals surface area (Å²) in [5.41, 5.74) is -0.414. The van der Waals surface area contributed by atoms with Crippen LogP contribution >= 0.6 is 11.8 Å². The maximum absolute atomic E-state index is 13.5. The van der Waals surface area contributed by atoms with Gasteiger partial charge in [0.05, 0.1) is 11.3 Å². The van der Waals surface area contributed by atoms with Gasteiger partial charge < -0.3 is 15.5 Å². The zero-order valence-electron chi connectivity index (χ0n) is 18.5. The van der Waals surface area contributed by atoms with Gasteiger partial charge in [-0.3, -0.25) is 9.78 Å². The zero-order valence-corrected chi connectivity index (χ0v) is 19.4. The molecule has 3 aromatic rings. The molecule has 8 nitrogen and oxygen atoms in total. The third-order valence-electron chi connectivity index (χ3n) is 5.34. The van der Waals surface area contributed by atoms with Crippen LogP contribution in [0.15, 0.2) is 61.1 Å². The number of hydrogen-bond donors (Lipinski definition) is 2. The number of hydrogen-bond acceptors (Lipinski definition) is 5. The lowest BCUT2D eigenvalue weighted by Crippen LogP contribution is -2.47. The fourth-order valence-corrected chi connectivity index (χ4v) is 4.84. The Morgan fingerprint density at radius 3 is 2.57 bits per heavy atom. The van der Waals surface area contributed by atoms with Crippen LogP contribution in [-0.4, -0.2) is 63.5 Å². The van der Waals surface area contributed by atoms with E-state index in [9.17, 15) is 22.8 Å². The van der Waals surface area contributed by atoms with Gasteiger partial charge in [0.25, 0.3) is 5.91 Å². The summed E-state index contributed by atoms with van der Waals surface area (Å²) >= 11 is 1.75. The molecule has 0 radical (unpaired) electrons. The first kappa shape index (κ1) is 24.6. The van der Waals surface area contributed by atoms with Gasteiger partial charge >= 0.3 is 12.2 Å². The number of thioether (sulfide) groups is 1. The van der Waals surface area contributed by atoms with Crippen molar-refractivity contribution in [3.05, 3.63) is 77.9 Å². The van der Waals surface area contributed by atoms with E-state index in [0.29, 0.717) is 18.8 Å². The quantitative estimate of drug-likeness (QED) is 0.502. The maximum atomic E-state index is 13.5. The molecule has 184 valence electrons. The third kappa shape index (κ3) is 6.13. The van der Waals surface area contributed by atoms with Crippen molar-refractivity contribution in [3.8, 4) is 5.69 Å². The number of alkyl halides is 3. The van der Waals surface area contributed by atoms with Gasteiger partial charge in [-0.05, 0) is 23.8 Å². The Balaban J connectivity index is 1.31. The predicted octanol–water partition coefficient (Wildman–Crippen LogP) is 3.52. The van der Waals surface area contributed by atoms with Crippen LogP contribution in [0.3, 0.4) is 0 Å². The maximum Gasteiger partial charge on any atom is 0.435 e. The Bertz CT molecular complexity index is 1160. The molecule has 0 spiro atoms. The van der Waals surface area contributed by atoms with Gasteiger partial charge in [0.1, 0.15) is 0 Å². The summed E-state index contributed by atoms with van der Waals surface area (Å²) < 4.78 is 41.4. The fourth-order valence-electron chi connectivity index (χ4n) is 3.62. The monoisotopic (exact) mass is 504 g/mol. The smallest absolute Gasteiger partial charge is 0.350 e. The second kappa shape index (κ2) is 10.8. The van der Waals surface area contributed by atoms with E-state index < -0.39 is 23.3 Å². The number of pyridine rings is 1. The Hall–Kier alpha value is -3.54. The number of aromatic nitrogens is 3. The summed E-state index contributed by atoms with van der Waals surface area (Å²) in [5, 5.41) is 8.83. The predicted molar refractivity (Wildman–Crippen MR) is 125 cm³/mol. The first-order chi connectivity index (χ1) is 16.8. The molecule has 1 atom stereocenters. The van der Waals surface area contributed by atoms with Gasteiger partial charge in [-0.1, -0.05) is 24.3 Å². The Morgan fingerprint density at radius 1 is 1.09 bits per heavy atom. The van der Waals surface area contributed by atoms with Crippen molar-refractivity contribution in [1.82, 2.24) is 30.3 Å². The van der Waals surface area contributed by atoms with Gasteiger partial charge in [0, 0.05) is 55.8 Å². The van der Waals surface area contributed by atoms with Crippen LogP contribution in [0.2, 0.25) is 0 Å². The lowest BCUT2D eigenvalue weighted by molar-refractivity contribution is -0.141. The van der Waals surface area contributed by atoms with Gasteiger partial charge in [-0.25, -0.2) is 9.48 Å². The molecule has 35 heavy (non-hydrogen) atoms. The van der Waals surface area contributed by atoms with Gasteiger partial charge in [0.2, 0.25) is 0 Å². The molecule has 12 heteroatoms. The van der Waals surface area contributed by atoms with Crippen LogP contribution in [0.4, 0.5) is 18.0 Å². The number of halogens is 3. The van der Waals surface area contributed by atoms with Gasteiger partial charge in [-0.15, -0.1) is 0 Å². The van der Waals surface area contributed by atoms with E-state index in [4.69, 9.17) is 0 Å². The summed E-state index contributed by atoms with van der Waals surface area (Å²) in [6.07, 6.45) is -0.266. The number of nitrogens with zero attached hydrogens (tertiary/aromatic N) is 4. The van der Waals surface area contributed by atoms with Crippen molar-refractivity contribution in [1.29, 1.82) is 0 Å². The van der Waals surface area contributed by atoms with Crippen molar-refractivity contribution < 1.29 is 22.8 Å². The molecule has 3 amide bonds. The Labute approximate surface area is 203 Å². The first-order valence-corrected chi connectivity index (χ1v) is 11.9. The minimum Gasteiger partial charge on any atom is -0.350 e. The van der Waals surface area contributed by atoms with Crippen LogP contribution in [0.25, 0.3) is 5.69 Å². The number of urea groups is 1. The SMILES string of the molecule is O=C(NCCNC(=O)N1CCSC(c2cccnc2)C1)c1cn(-c2ccccc2)nc1C(F)(F)F. The van der Waals surface area contributed by atoms with E-state index in [-0.39, 0.29) is 24.4 Å². The highest BCUT2D eigenvalue weighted by atomic mass is 32.2. The van der Waals surface area contributed by atoms with Crippen molar-refractivity contribution in [2.75, 3.05) is 31.9 Å². The topological polar surface area (TPSA) is 92.2 Å². The molecule has 2 N–H and O–H groups in total. The molecule has 1 aliphatic heterocycles. The van der Waals surface area contributed by atoms with Crippen LogP contribution in [-0.2, 0) is 6.18 Å².